The van der Waals surface area contributed by atoms with Crippen molar-refractivity contribution < 1.29 is 87.4 Å². The SMILES string of the molecule is Cc1cc(C(NC(C)C)c2cc(C(F)(F)F)cc(C(F)(F)F)c2)cc(C(F)(F)F)c1.Cc1cc(C(c2cc(C(F)(F)F)cc(C(F)(F)F)c2)N(C(C)C)p2oc3ccc4ccccc4c3c3c(ccc4ccccc43)o2)cc(C(F)(F)F)c1. The van der Waals surface area contributed by atoms with Crippen LogP contribution in [0.4, 0.5) is 79.0 Å². The van der Waals surface area contributed by atoms with Crippen LogP contribution < -0.4 is 9.99 Å². The molecule has 1 heterocycles. The van der Waals surface area contributed by atoms with E-state index in [1.165, 1.54) is 30.7 Å². The number of alkyl halides is 18. The van der Waals surface area contributed by atoms with Crippen LogP contribution in [0.3, 0.4) is 0 Å². The summed E-state index contributed by atoms with van der Waals surface area (Å²) in [4.78, 5) is 0. The molecule has 2 atom stereocenters. The van der Waals surface area contributed by atoms with E-state index >= 15 is 0 Å². The highest BCUT2D eigenvalue weighted by atomic mass is 31.1. The van der Waals surface area contributed by atoms with Gasteiger partial charge in [0.15, 0.2) is 0 Å². The third-order valence-electron chi connectivity index (χ3n) is 13.2. The Bertz CT molecular complexity index is 3730. The minimum atomic E-state index is -5.21. The highest BCUT2D eigenvalue weighted by Gasteiger charge is 2.42. The van der Waals surface area contributed by atoms with Gasteiger partial charge in [-0.2, -0.15) is 83.7 Å². The van der Waals surface area contributed by atoms with E-state index in [0.29, 0.717) is 46.2 Å². The predicted octanol–water partition coefficient (Wildman–Crippen LogP) is 21.2. The number of nitrogens with zero attached hydrogens (tertiary/aromatic N) is 1. The number of rotatable bonds is 9. The molecular weight excluding hydrogens is 1150 g/mol. The number of benzene rings is 8. The number of aryl methyl sites for hydroxylation is 2. The Hall–Kier alpha value is -7.16. The lowest BCUT2D eigenvalue weighted by Gasteiger charge is -2.33. The highest BCUT2D eigenvalue weighted by molar-refractivity contribution is 7.39. The topological polar surface area (TPSA) is 41.5 Å². The summed E-state index contributed by atoms with van der Waals surface area (Å²) in [5.41, 5.74) is -8.84. The lowest BCUT2D eigenvalue weighted by atomic mass is 9.92. The van der Waals surface area contributed by atoms with Crippen molar-refractivity contribution in [3.8, 4) is 0 Å². The fraction of sp³-hybridized carbons (Fsp3) is 0.267. The van der Waals surface area contributed by atoms with Crippen molar-refractivity contribution >= 4 is 51.6 Å². The molecule has 0 spiro atoms. The zero-order valence-electron chi connectivity index (χ0n) is 44.2. The molecule has 9 rings (SSSR count). The van der Waals surface area contributed by atoms with Crippen LogP contribution >= 0.6 is 8.16 Å². The van der Waals surface area contributed by atoms with Crippen LogP contribution in [0.15, 0.2) is 154 Å². The molecule has 4 nitrogen and oxygen atoms in total. The first-order chi connectivity index (χ1) is 38.4. The van der Waals surface area contributed by atoms with Crippen LogP contribution in [-0.4, -0.2) is 12.1 Å². The summed E-state index contributed by atoms with van der Waals surface area (Å²) in [6.07, 6.45) is -30.2. The number of hydrogen-bond acceptors (Lipinski definition) is 4. The summed E-state index contributed by atoms with van der Waals surface area (Å²) >= 11 is 0. The number of hydrogen-bond donors (Lipinski definition) is 1. The molecule has 0 aliphatic heterocycles. The zero-order chi connectivity index (χ0) is 61.1. The quantitative estimate of drug-likeness (QED) is 0.146. The monoisotopic (exact) mass is 1200 g/mol. The molecule has 1 N–H and O–H groups in total. The van der Waals surface area contributed by atoms with Gasteiger partial charge in [-0.05, 0) is 158 Å². The molecular formula is C60H47F18N2O2P. The van der Waals surface area contributed by atoms with Crippen molar-refractivity contribution in [1.29, 1.82) is 0 Å². The van der Waals surface area contributed by atoms with Gasteiger partial charge in [-0.15, -0.1) is 0 Å². The lowest BCUT2D eigenvalue weighted by molar-refractivity contribution is -0.144. The van der Waals surface area contributed by atoms with Crippen molar-refractivity contribution in [2.75, 3.05) is 4.67 Å². The molecule has 0 fully saturated rings. The molecule has 0 radical (unpaired) electrons. The normalized spacial score (nSPS) is 13.8. The second-order valence-corrected chi connectivity index (χ2v) is 21.6. The third-order valence-corrected chi connectivity index (χ3v) is 15.0. The molecule has 0 saturated carbocycles. The van der Waals surface area contributed by atoms with Gasteiger partial charge in [0.05, 0.1) is 45.5 Å². The van der Waals surface area contributed by atoms with Crippen molar-refractivity contribution in [3.63, 3.8) is 0 Å². The lowest BCUT2D eigenvalue weighted by Crippen LogP contribution is -2.34. The molecule has 83 heavy (non-hydrogen) atoms. The Morgan fingerprint density at radius 2 is 0.699 bits per heavy atom. The molecule has 8 aromatic carbocycles. The number of fused-ring (bicyclic) bond motifs is 7. The van der Waals surface area contributed by atoms with E-state index in [9.17, 15) is 79.0 Å². The van der Waals surface area contributed by atoms with Crippen molar-refractivity contribution in [3.05, 3.63) is 212 Å². The molecule has 0 bridgehead atoms. The molecule has 9 aromatic rings. The molecule has 2 unspecified atom stereocenters. The second kappa shape index (κ2) is 22.8. The van der Waals surface area contributed by atoms with Crippen LogP contribution in [0.2, 0.25) is 0 Å². The van der Waals surface area contributed by atoms with E-state index in [1.54, 1.807) is 39.8 Å². The Balaban J connectivity index is 0.000000255. The largest absolute Gasteiger partial charge is 0.416 e. The van der Waals surface area contributed by atoms with Crippen molar-refractivity contribution in [2.24, 2.45) is 0 Å². The van der Waals surface area contributed by atoms with Gasteiger partial charge in [0.1, 0.15) is 11.2 Å². The van der Waals surface area contributed by atoms with E-state index in [-0.39, 0.29) is 34.4 Å². The molecule has 0 aliphatic carbocycles. The molecule has 1 aromatic heterocycles. The summed E-state index contributed by atoms with van der Waals surface area (Å²) in [7, 11) is -2.51. The molecule has 23 heteroatoms. The van der Waals surface area contributed by atoms with Gasteiger partial charge < -0.3 is 13.7 Å². The van der Waals surface area contributed by atoms with Gasteiger partial charge in [0.2, 0.25) is 0 Å². The average Bonchev–Trinajstić information content (AvgIpc) is 3.83. The average molecular weight is 1200 g/mol. The van der Waals surface area contributed by atoms with Crippen LogP contribution in [0.5, 0.6) is 0 Å². The molecule has 0 amide bonds. The van der Waals surface area contributed by atoms with Crippen LogP contribution in [0.1, 0.15) is 107 Å². The van der Waals surface area contributed by atoms with Crippen molar-refractivity contribution in [2.45, 2.75) is 103 Å². The predicted molar refractivity (Wildman–Crippen MR) is 282 cm³/mol. The first-order valence-corrected chi connectivity index (χ1v) is 26.2. The van der Waals surface area contributed by atoms with Crippen LogP contribution in [-0.2, 0) is 37.1 Å². The third kappa shape index (κ3) is 13.9. The van der Waals surface area contributed by atoms with Gasteiger partial charge in [-0.3, -0.25) is 0 Å². The Morgan fingerprint density at radius 3 is 1.05 bits per heavy atom. The van der Waals surface area contributed by atoms with Gasteiger partial charge in [0, 0.05) is 22.9 Å². The van der Waals surface area contributed by atoms with E-state index < -0.39 is 114 Å². The summed E-state index contributed by atoms with van der Waals surface area (Å²) < 4.78 is 262. The Morgan fingerprint density at radius 1 is 0.386 bits per heavy atom. The summed E-state index contributed by atoms with van der Waals surface area (Å²) in [5.74, 6) is 0. The smallest absolute Gasteiger partial charge is 0.408 e. The minimum absolute atomic E-state index is 0.00957. The number of halogens is 18. The van der Waals surface area contributed by atoms with E-state index in [0.717, 1.165) is 45.8 Å². The first kappa shape index (κ1) is 61.9. The maximum Gasteiger partial charge on any atom is 0.416 e. The summed E-state index contributed by atoms with van der Waals surface area (Å²) in [6.45, 7) is 9.12. The zero-order valence-corrected chi connectivity index (χ0v) is 45.1. The molecule has 440 valence electrons. The maximum absolute atomic E-state index is 14.3. The van der Waals surface area contributed by atoms with Crippen LogP contribution in [0, 0.1) is 13.8 Å². The first-order valence-electron chi connectivity index (χ1n) is 25.1. The van der Waals surface area contributed by atoms with Gasteiger partial charge in [-0.25, -0.2) is 0 Å². The second-order valence-electron chi connectivity index (χ2n) is 20.3. The van der Waals surface area contributed by atoms with E-state index in [4.69, 9.17) is 8.39 Å². The Kier molecular flexibility index (Phi) is 17.0. The highest BCUT2D eigenvalue weighted by Crippen LogP contribution is 2.50. The standard InChI is InChI=1S/C40H29F9NO2P.C20H18F9N/c1-22(2)50(37(26-16-23(3)17-28(18-26)38(41,42)43)27-19-29(39(44,45)46)21-30(20-27)40(47,48)49)53-51-33-14-12-24-8-4-6-10-31(24)35(33)36-32-11-7-5-9-25(32)13-15-34(36)52-53;1-10(2)30-17(12-4-11(3)5-14(6-12)18(21,22)23)13-7-15(19(24,25)26)9-16(8-13)20(27,28)29/h4-22,37H,1-3H3;4-10,17,30H,1-3H3. The van der Waals surface area contributed by atoms with E-state index in [2.05, 4.69) is 5.32 Å². The maximum atomic E-state index is 14.3. The fourth-order valence-electron chi connectivity index (χ4n) is 9.81. The van der Waals surface area contributed by atoms with Gasteiger partial charge >= 0.3 is 45.2 Å². The van der Waals surface area contributed by atoms with Crippen LogP contribution in [0.25, 0.3) is 43.5 Å². The van der Waals surface area contributed by atoms with Crippen molar-refractivity contribution in [1.82, 2.24) is 5.32 Å². The minimum Gasteiger partial charge on any atom is -0.408 e. The Labute approximate surface area is 462 Å². The van der Waals surface area contributed by atoms with Gasteiger partial charge in [0.25, 0.3) is 0 Å². The summed E-state index contributed by atoms with van der Waals surface area (Å²) in [5, 5.41) is 7.37. The number of nitrogens with one attached hydrogen (secondary N) is 1. The van der Waals surface area contributed by atoms with E-state index in [1.807, 2.05) is 60.7 Å². The summed E-state index contributed by atoms with van der Waals surface area (Å²) in [6, 6.07) is 25.8. The van der Waals surface area contributed by atoms with Gasteiger partial charge in [-0.1, -0.05) is 83.9 Å². The molecule has 0 saturated heterocycles. The molecule has 0 aliphatic rings. The fourth-order valence-corrected chi connectivity index (χ4v) is 11.5.